The van der Waals surface area contributed by atoms with Gasteiger partial charge in [0, 0.05) is 29.7 Å². The lowest BCUT2D eigenvalue weighted by molar-refractivity contribution is -0.116. The molecule has 0 heterocycles. The van der Waals surface area contributed by atoms with E-state index in [1.165, 1.54) is 37.3 Å². The van der Waals surface area contributed by atoms with E-state index in [1.54, 1.807) is 6.07 Å². The number of sulfonamides is 1. The Labute approximate surface area is 205 Å². The van der Waals surface area contributed by atoms with Crippen LogP contribution in [0.3, 0.4) is 0 Å². The van der Waals surface area contributed by atoms with Gasteiger partial charge in [0.05, 0.1) is 13.7 Å². The minimum absolute atomic E-state index is 0.0913. The molecule has 0 saturated heterocycles. The van der Waals surface area contributed by atoms with Gasteiger partial charge in [-0.15, -0.1) is 0 Å². The average Bonchev–Trinajstić information content (AvgIpc) is 3.35. The summed E-state index contributed by atoms with van der Waals surface area (Å²) in [7, 11) is -0.993. The van der Waals surface area contributed by atoms with Gasteiger partial charge in [0.1, 0.15) is 10.6 Å². The molecule has 0 aromatic heterocycles. The number of carbonyl (C=O) groups is 2. The van der Waals surface area contributed by atoms with Gasteiger partial charge in [0.2, 0.25) is 15.9 Å². The Morgan fingerprint density at radius 1 is 1.03 bits per heavy atom. The number of amides is 2. The zero-order valence-corrected chi connectivity index (χ0v) is 20.6. The fourth-order valence-corrected chi connectivity index (χ4v) is 5.88. The fourth-order valence-electron chi connectivity index (χ4n) is 4.38. The Balaban J connectivity index is 1.49. The maximum absolute atomic E-state index is 13.1. The number of nitrogens with one attached hydrogen (secondary N) is 2. The average molecular weight is 496 g/mol. The third kappa shape index (κ3) is 5.63. The predicted molar refractivity (Wildman–Crippen MR) is 135 cm³/mol. The highest BCUT2D eigenvalue weighted by Gasteiger charge is 2.27. The van der Waals surface area contributed by atoms with Crippen LogP contribution in [0, 0.1) is 0 Å². The molecule has 4 rings (SSSR count). The van der Waals surface area contributed by atoms with Gasteiger partial charge in [-0.1, -0.05) is 49.2 Å². The van der Waals surface area contributed by atoms with Crippen LogP contribution in [0.4, 0.5) is 5.69 Å². The molecule has 0 spiro atoms. The number of benzene rings is 3. The van der Waals surface area contributed by atoms with Crippen LogP contribution in [0.1, 0.15) is 36.0 Å². The maximum atomic E-state index is 13.1. The quantitative estimate of drug-likeness (QED) is 0.495. The summed E-state index contributed by atoms with van der Waals surface area (Å²) in [6.07, 6.45) is 3.53. The zero-order valence-electron chi connectivity index (χ0n) is 19.8. The van der Waals surface area contributed by atoms with Crippen LogP contribution in [-0.2, 0) is 14.8 Å². The number of hydrogen-bond donors (Lipinski definition) is 2. The van der Waals surface area contributed by atoms with Gasteiger partial charge in [0.15, 0.2) is 0 Å². The smallest absolute Gasteiger partial charge is 0.254 e. The minimum Gasteiger partial charge on any atom is -0.495 e. The van der Waals surface area contributed by atoms with E-state index in [0.717, 1.165) is 36.5 Å². The second-order valence-corrected chi connectivity index (χ2v) is 10.4. The highest BCUT2D eigenvalue weighted by molar-refractivity contribution is 7.89. The Bertz CT molecular complexity index is 1340. The van der Waals surface area contributed by atoms with Crippen LogP contribution in [0.2, 0.25) is 0 Å². The first-order valence-corrected chi connectivity index (χ1v) is 13.0. The third-order valence-corrected chi connectivity index (χ3v) is 7.71. The van der Waals surface area contributed by atoms with Crippen molar-refractivity contribution in [1.29, 1.82) is 0 Å². The summed E-state index contributed by atoms with van der Waals surface area (Å²) in [6.45, 7) is -0.198. The molecule has 35 heavy (non-hydrogen) atoms. The first-order chi connectivity index (χ1) is 16.8. The Kier molecular flexibility index (Phi) is 7.37. The van der Waals surface area contributed by atoms with Gasteiger partial charge in [-0.05, 0) is 42.5 Å². The van der Waals surface area contributed by atoms with Crippen molar-refractivity contribution in [1.82, 2.24) is 9.62 Å². The zero-order chi connectivity index (χ0) is 25.0. The summed E-state index contributed by atoms with van der Waals surface area (Å²) in [5.74, 6) is -0.678. The normalized spacial score (nSPS) is 14.1. The molecule has 1 aliphatic rings. The highest BCUT2D eigenvalue weighted by atomic mass is 32.2. The van der Waals surface area contributed by atoms with Crippen molar-refractivity contribution < 1.29 is 22.7 Å². The minimum atomic E-state index is -3.88. The molecule has 0 radical (unpaired) electrons. The number of likely N-dealkylation sites (N-methyl/N-ethyl adjacent to an activating group) is 1. The summed E-state index contributed by atoms with van der Waals surface area (Å²) in [4.78, 5) is 26.9. The lowest BCUT2D eigenvalue weighted by atomic mass is 10.1. The molecule has 0 unspecified atom stereocenters. The van der Waals surface area contributed by atoms with E-state index in [1.807, 2.05) is 36.4 Å². The van der Waals surface area contributed by atoms with Crippen molar-refractivity contribution in [3.63, 3.8) is 0 Å². The number of nitrogens with zero attached hydrogens (tertiary/aromatic N) is 1. The van der Waals surface area contributed by atoms with Gasteiger partial charge >= 0.3 is 0 Å². The molecular weight excluding hydrogens is 466 g/mol. The lowest BCUT2D eigenvalue weighted by Gasteiger charge is -2.19. The molecule has 2 N–H and O–H groups in total. The number of hydrogen-bond acceptors (Lipinski definition) is 5. The van der Waals surface area contributed by atoms with Crippen LogP contribution < -0.4 is 14.8 Å². The summed E-state index contributed by atoms with van der Waals surface area (Å²) in [6, 6.07) is 17.4. The van der Waals surface area contributed by atoms with E-state index in [0.29, 0.717) is 5.69 Å². The van der Waals surface area contributed by atoms with Crippen LogP contribution in [0.15, 0.2) is 65.6 Å². The SMILES string of the molecule is COc1ccc(C(=O)N(C)CC(=O)Nc2cccc3ccccc23)cc1S(=O)(=O)NC1CCCC1. The summed E-state index contributed by atoms with van der Waals surface area (Å²) < 4.78 is 34.0. The molecule has 1 aliphatic carbocycles. The second kappa shape index (κ2) is 10.5. The number of carbonyl (C=O) groups excluding carboxylic acids is 2. The molecule has 2 amide bonds. The highest BCUT2D eigenvalue weighted by Crippen LogP contribution is 2.28. The topological polar surface area (TPSA) is 105 Å². The molecule has 0 atom stereocenters. The number of ether oxygens (including phenoxy) is 1. The van der Waals surface area contributed by atoms with Crippen molar-refractivity contribution >= 4 is 38.3 Å². The Morgan fingerprint density at radius 2 is 1.74 bits per heavy atom. The van der Waals surface area contributed by atoms with Crippen LogP contribution >= 0.6 is 0 Å². The maximum Gasteiger partial charge on any atom is 0.254 e. The van der Waals surface area contributed by atoms with E-state index >= 15 is 0 Å². The molecule has 8 nitrogen and oxygen atoms in total. The first-order valence-electron chi connectivity index (χ1n) is 11.5. The molecular formula is C26H29N3O5S. The van der Waals surface area contributed by atoms with E-state index in [9.17, 15) is 18.0 Å². The van der Waals surface area contributed by atoms with Gasteiger partial charge in [-0.2, -0.15) is 0 Å². The number of methoxy groups -OCH3 is 1. The van der Waals surface area contributed by atoms with E-state index < -0.39 is 15.9 Å². The van der Waals surface area contributed by atoms with Gasteiger partial charge in [-0.25, -0.2) is 13.1 Å². The third-order valence-electron chi connectivity index (χ3n) is 6.17. The van der Waals surface area contributed by atoms with Gasteiger partial charge < -0.3 is 15.0 Å². The standard InChI is InChI=1S/C26H29N3O5S/c1-29(17-25(30)27-22-13-7-9-18-8-3-6-12-21(18)22)26(31)19-14-15-23(34-2)24(16-19)35(32,33)28-20-10-4-5-11-20/h3,6-9,12-16,20,28H,4-5,10-11,17H2,1-2H3,(H,27,30). The molecule has 184 valence electrons. The molecule has 9 heteroatoms. The Morgan fingerprint density at radius 3 is 2.49 bits per heavy atom. The van der Waals surface area contributed by atoms with Crippen molar-refractivity contribution in [2.45, 2.75) is 36.6 Å². The molecule has 0 bridgehead atoms. The summed E-state index contributed by atoms with van der Waals surface area (Å²) in [5, 5.41) is 4.75. The number of anilines is 1. The largest absolute Gasteiger partial charge is 0.495 e. The van der Waals surface area contributed by atoms with E-state index in [-0.39, 0.29) is 34.7 Å². The van der Waals surface area contributed by atoms with Gasteiger partial charge in [-0.3, -0.25) is 9.59 Å². The summed E-state index contributed by atoms with van der Waals surface area (Å²) in [5.41, 5.74) is 0.808. The van der Waals surface area contributed by atoms with Crippen LogP contribution in [-0.4, -0.2) is 51.9 Å². The van der Waals surface area contributed by atoms with Crippen LogP contribution in [0.25, 0.3) is 10.8 Å². The van der Waals surface area contributed by atoms with E-state index in [2.05, 4.69) is 10.0 Å². The fraction of sp³-hybridized carbons (Fsp3) is 0.308. The number of fused-ring (bicyclic) bond motifs is 1. The lowest BCUT2D eigenvalue weighted by Crippen LogP contribution is -2.35. The number of rotatable bonds is 8. The van der Waals surface area contributed by atoms with Crippen molar-refractivity contribution in [3.8, 4) is 5.75 Å². The Hall–Kier alpha value is -3.43. The molecule has 1 saturated carbocycles. The molecule has 3 aromatic carbocycles. The molecule has 1 fully saturated rings. The van der Waals surface area contributed by atoms with Crippen molar-refractivity contribution in [3.05, 3.63) is 66.2 Å². The first kappa shape index (κ1) is 24.7. The summed E-state index contributed by atoms with van der Waals surface area (Å²) >= 11 is 0. The van der Waals surface area contributed by atoms with Crippen LogP contribution in [0.5, 0.6) is 5.75 Å². The van der Waals surface area contributed by atoms with Crippen molar-refractivity contribution in [2.75, 3.05) is 26.0 Å². The van der Waals surface area contributed by atoms with Gasteiger partial charge in [0.25, 0.3) is 5.91 Å². The second-order valence-electron chi connectivity index (χ2n) is 8.70. The predicted octanol–water partition coefficient (Wildman–Crippen LogP) is 3.78. The van der Waals surface area contributed by atoms with Crippen molar-refractivity contribution in [2.24, 2.45) is 0 Å². The monoisotopic (exact) mass is 495 g/mol. The van der Waals surface area contributed by atoms with E-state index in [4.69, 9.17) is 4.74 Å². The molecule has 0 aliphatic heterocycles. The molecule has 3 aromatic rings.